The highest BCUT2D eigenvalue weighted by molar-refractivity contribution is 14.1. The molecule has 1 aromatic rings. The highest BCUT2D eigenvalue weighted by atomic mass is 127. The van der Waals surface area contributed by atoms with Crippen LogP contribution in [0.15, 0.2) is 24.3 Å². The van der Waals surface area contributed by atoms with Crippen LogP contribution in [-0.2, 0) is 0 Å². The van der Waals surface area contributed by atoms with Gasteiger partial charge in [0.25, 0.3) is 0 Å². The third-order valence-electron chi connectivity index (χ3n) is 4.36. The van der Waals surface area contributed by atoms with E-state index in [1.165, 1.54) is 41.2 Å². The Kier molecular flexibility index (Phi) is 5.45. The first kappa shape index (κ1) is 14.3. The summed E-state index contributed by atoms with van der Waals surface area (Å²) in [6.45, 7) is 2.31. The topological polar surface area (TPSA) is 38.0 Å². The minimum atomic E-state index is 0.316. The molecule has 0 spiro atoms. The molecule has 100 valence electrons. The van der Waals surface area contributed by atoms with Gasteiger partial charge < -0.3 is 0 Å². The predicted octanol–water partition coefficient (Wildman–Crippen LogP) is 4.01. The molecule has 0 amide bonds. The fourth-order valence-electron chi connectivity index (χ4n) is 3.14. The molecular formula is C15H23IN2. The Bertz CT molecular complexity index is 373. The maximum absolute atomic E-state index is 5.82. The van der Waals surface area contributed by atoms with Crippen LogP contribution in [0, 0.1) is 15.4 Å². The Morgan fingerprint density at radius 2 is 1.94 bits per heavy atom. The van der Waals surface area contributed by atoms with Crippen molar-refractivity contribution in [3.63, 3.8) is 0 Å². The zero-order chi connectivity index (χ0) is 13.0. The van der Waals surface area contributed by atoms with Crippen LogP contribution in [-0.4, -0.2) is 0 Å². The summed E-state index contributed by atoms with van der Waals surface area (Å²) in [6.07, 6.45) is 6.67. The largest absolute Gasteiger partial charge is 0.271 e. The lowest BCUT2D eigenvalue weighted by Gasteiger charge is -2.34. The summed E-state index contributed by atoms with van der Waals surface area (Å²) < 4.78 is 1.32. The fourth-order valence-corrected chi connectivity index (χ4v) is 3.86. The zero-order valence-corrected chi connectivity index (χ0v) is 13.2. The number of nitrogens with one attached hydrogen (secondary N) is 1. The molecule has 18 heavy (non-hydrogen) atoms. The average Bonchev–Trinajstić information content (AvgIpc) is 2.42. The van der Waals surface area contributed by atoms with Gasteiger partial charge in [-0.1, -0.05) is 44.4 Å². The van der Waals surface area contributed by atoms with Gasteiger partial charge >= 0.3 is 0 Å². The molecule has 2 nitrogen and oxygen atoms in total. The highest BCUT2D eigenvalue weighted by Gasteiger charge is 2.28. The molecule has 0 saturated heterocycles. The van der Waals surface area contributed by atoms with Crippen molar-refractivity contribution < 1.29 is 0 Å². The van der Waals surface area contributed by atoms with Crippen molar-refractivity contribution in [1.29, 1.82) is 0 Å². The van der Waals surface area contributed by atoms with Crippen LogP contribution in [0.4, 0.5) is 0 Å². The van der Waals surface area contributed by atoms with E-state index in [2.05, 4.69) is 59.2 Å². The van der Waals surface area contributed by atoms with E-state index >= 15 is 0 Å². The maximum atomic E-state index is 5.82. The normalized spacial score (nSPS) is 25.9. The quantitative estimate of drug-likeness (QED) is 0.485. The Labute approximate surface area is 124 Å². The minimum absolute atomic E-state index is 0.316. The molecule has 1 aliphatic carbocycles. The zero-order valence-electron chi connectivity index (χ0n) is 11.0. The predicted molar refractivity (Wildman–Crippen MR) is 85.0 cm³/mol. The first-order valence-corrected chi connectivity index (χ1v) is 8.04. The van der Waals surface area contributed by atoms with E-state index in [1.54, 1.807) is 0 Å². The van der Waals surface area contributed by atoms with Gasteiger partial charge in [0.1, 0.15) is 0 Å². The molecule has 1 aliphatic rings. The Morgan fingerprint density at radius 3 is 2.50 bits per heavy atom. The van der Waals surface area contributed by atoms with Gasteiger partial charge in [-0.15, -0.1) is 0 Å². The van der Waals surface area contributed by atoms with Crippen molar-refractivity contribution in [1.82, 2.24) is 5.43 Å². The second kappa shape index (κ2) is 6.87. The summed E-state index contributed by atoms with van der Waals surface area (Å²) in [4.78, 5) is 0. The minimum Gasteiger partial charge on any atom is -0.271 e. The molecular weight excluding hydrogens is 335 g/mol. The maximum Gasteiger partial charge on any atom is 0.0498 e. The van der Waals surface area contributed by atoms with Crippen LogP contribution in [0.3, 0.4) is 0 Å². The monoisotopic (exact) mass is 358 g/mol. The van der Waals surface area contributed by atoms with Crippen LogP contribution < -0.4 is 11.3 Å². The molecule has 0 heterocycles. The van der Waals surface area contributed by atoms with Crippen LogP contribution in [0.2, 0.25) is 0 Å². The van der Waals surface area contributed by atoms with Crippen LogP contribution in [0.25, 0.3) is 0 Å². The molecule has 1 saturated carbocycles. The van der Waals surface area contributed by atoms with E-state index in [0.29, 0.717) is 12.0 Å². The van der Waals surface area contributed by atoms with Gasteiger partial charge in [-0.25, -0.2) is 0 Å². The van der Waals surface area contributed by atoms with Gasteiger partial charge in [0.2, 0.25) is 0 Å². The van der Waals surface area contributed by atoms with E-state index in [1.807, 2.05) is 0 Å². The van der Waals surface area contributed by atoms with E-state index in [9.17, 15) is 0 Å². The molecule has 0 aliphatic heterocycles. The lowest BCUT2D eigenvalue weighted by Crippen LogP contribution is -2.35. The first-order chi connectivity index (χ1) is 8.76. The molecule has 1 aromatic carbocycles. The lowest BCUT2D eigenvalue weighted by atomic mass is 9.76. The van der Waals surface area contributed by atoms with Gasteiger partial charge in [0, 0.05) is 9.61 Å². The summed E-state index contributed by atoms with van der Waals surface area (Å²) in [5.41, 5.74) is 4.42. The Balaban J connectivity index is 2.08. The molecule has 0 aromatic heterocycles. The van der Waals surface area contributed by atoms with E-state index in [4.69, 9.17) is 5.84 Å². The number of rotatable bonds is 4. The molecule has 3 N–H and O–H groups in total. The second-order valence-corrected chi connectivity index (χ2v) is 6.52. The Hall–Kier alpha value is -0.130. The fraction of sp³-hybridized carbons (Fsp3) is 0.600. The summed E-state index contributed by atoms with van der Waals surface area (Å²) in [6, 6.07) is 8.89. The van der Waals surface area contributed by atoms with E-state index in [-0.39, 0.29) is 0 Å². The Morgan fingerprint density at radius 1 is 1.28 bits per heavy atom. The molecule has 1 atom stereocenters. The molecule has 1 fully saturated rings. The number of halogens is 1. The van der Waals surface area contributed by atoms with Gasteiger partial charge in [-0.05, 0) is 58.9 Å². The average molecular weight is 358 g/mol. The van der Waals surface area contributed by atoms with Crippen molar-refractivity contribution in [3.05, 3.63) is 33.4 Å². The SMILES string of the molecule is CCC1CCC(C(NN)c2ccccc2I)CC1. The number of hydrogen-bond acceptors (Lipinski definition) is 2. The van der Waals surface area contributed by atoms with Gasteiger partial charge in [0.05, 0.1) is 0 Å². The van der Waals surface area contributed by atoms with Crippen LogP contribution in [0.5, 0.6) is 0 Å². The number of nitrogens with two attached hydrogens (primary N) is 1. The first-order valence-electron chi connectivity index (χ1n) is 6.96. The van der Waals surface area contributed by atoms with Crippen molar-refractivity contribution >= 4 is 22.6 Å². The van der Waals surface area contributed by atoms with Gasteiger partial charge in [-0.2, -0.15) is 0 Å². The molecule has 0 bridgehead atoms. The van der Waals surface area contributed by atoms with Gasteiger partial charge in [0.15, 0.2) is 0 Å². The molecule has 1 unspecified atom stereocenters. The number of hydrazine groups is 1. The third kappa shape index (κ3) is 3.25. The van der Waals surface area contributed by atoms with E-state index in [0.717, 1.165) is 5.92 Å². The number of hydrogen-bond donors (Lipinski definition) is 2. The van der Waals surface area contributed by atoms with Crippen LogP contribution >= 0.6 is 22.6 Å². The smallest absolute Gasteiger partial charge is 0.0498 e. The van der Waals surface area contributed by atoms with Gasteiger partial charge in [-0.3, -0.25) is 11.3 Å². The van der Waals surface area contributed by atoms with Crippen molar-refractivity contribution in [3.8, 4) is 0 Å². The highest BCUT2D eigenvalue weighted by Crippen LogP contribution is 2.38. The van der Waals surface area contributed by atoms with Crippen molar-refractivity contribution in [2.75, 3.05) is 0 Å². The second-order valence-electron chi connectivity index (χ2n) is 5.35. The molecule has 0 radical (unpaired) electrons. The summed E-state index contributed by atoms with van der Waals surface area (Å²) in [5, 5.41) is 0. The summed E-state index contributed by atoms with van der Waals surface area (Å²) in [5.74, 6) is 7.45. The summed E-state index contributed by atoms with van der Waals surface area (Å²) in [7, 11) is 0. The van der Waals surface area contributed by atoms with Crippen LogP contribution in [0.1, 0.15) is 50.6 Å². The lowest BCUT2D eigenvalue weighted by molar-refractivity contribution is 0.219. The van der Waals surface area contributed by atoms with Crippen molar-refractivity contribution in [2.24, 2.45) is 17.7 Å². The molecule has 3 heteroatoms. The van der Waals surface area contributed by atoms with E-state index < -0.39 is 0 Å². The number of benzene rings is 1. The standard InChI is InChI=1S/C15H23IN2/c1-2-11-7-9-12(10-8-11)15(18-17)13-5-3-4-6-14(13)16/h3-6,11-12,15,18H,2,7-10,17H2,1H3. The molecule has 2 rings (SSSR count). The third-order valence-corrected chi connectivity index (χ3v) is 5.34. The summed E-state index contributed by atoms with van der Waals surface area (Å²) >= 11 is 2.41. The van der Waals surface area contributed by atoms with Crippen molar-refractivity contribution in [2.45, 2.75) is 45.1 Å².